The van der Waals surface area contributed by atoms with Crippen molar-refractivity contribution in [3.05, 3.63) is 48.3 Å². The van der Waals surface area contributed by atoms with Crippen molar-refractivity contribution in [3.8, 4) is 28.6 Å². The molecule has 0 saturated carbocycles. The van der Waals surface area contributed by atoms with Crippen LogP contribution >= 0.6 is 11.5 Å². The third-order valence-electron chi connectivity index (χ3n) is 3.58. The average Bonchev–Trinajstić information content (AvgIpc) is 3.16. The van der Waals surface area contributed by atoms with Gasteiger partial charge in [0.15, 0.2) is 23.9 Å². The monoisotopic (exact) mass is 403 g/mol. The number of aromatic nitrogens is 2. The lowest BCUT2D eigenvalue weighted by molar-refractivity contribution is -0.118. The number of anilines is 1. The molecule has 0 aliphatic carbocycles. The first kappa shape index (κ1) is 19.6. The lowest BCUT2D eigenvalue weighted by Crippen LogP contribution is -2.20. The Morgan fingerprint density at radius 3 is 2.64 bits per heavy atom. The smallest absolute Gasteiger partial charge is 0.264 e. The maximum Gasteiger partial charge on any atom is 0.264 e. The normalized spacial score (nSPS) is 10.4. The van der Waals surface area contributed by atoms with Gasteiger partial charge in [0.25, 0.3) is 5.91 Å². The van der Waals surface area contributed by atoms with E-state index in [0.717, 1.165) is 17.1 Å². The quantitative estimate of drug-likeness (QED) is 0.617. The predicted octanol–water partition coefficient (Wildman–Crippen LogP) is 3.77. The van der Waals surface area contributed by atoms with Gasteiger partial charge in [-0.05, 0) is 49.4 Å². The summed E-state index contributed by atoms with van der Waals surface area (Å²) >= 11 is 1.05. The van der Waals surface area contributed by atoms with Gasteiger partial charge in [-0.3, -0.25) is 10.1 Å². The molecule has 0 atom stereocenters. The number of hydrogen-bond acceptors (Lipinski definition) is 7. The fourth-order valence-corrected chi connectivity index (χ4v) is 2.91. The van der Waals surface area contributed by atoms with Crippen LogP contribution in [0, 0.1) is 5.82 Å². The molecule has 0 unspecified atom stereocenters. The zero-order chi connectivity index (χ0) is 19.9. The molecule has 0 radical (unpaired) electrons. The van der Waals surface area contributed by atoms with Gasteiger partial charge in [-0.2, -0.15) is 9.36 Å². The maximum absolute atomic E-state index is 12.9. The van der Waals surface area contributed by atoms with E-state index in [1.54, 1.807) is 19.2 Å². The third-order valence-corrected chi connectivity index (χ3v) is 4.21. The van der Waals surface area contributed by atoms with Crippen molar-refractivity contribution in [2.75, 3.05) is 25.6 Å². The van der Waals surface area contributed by atoms with E-state index in [1.807, 2.05) is 13.0 Å². The predicted molar refractivity (Wildman–Crippen MR) is 104 cm³/mol. The summed E-state index contributed by atoms with van der Waals surface area (Å²) in [5.74, 6) is 1.31. The highest BCUT2D eigenvalue weighted by molar-refractivity contribution is 7.10. The number of ether oxygens (including phenoxy) is 3. The Morgan fingerprint density at radius 1 is 1.14 bits per heavy atom. The van der Waals surface area contributed by atoms with Crippen LogP contribution in [0.1, 0.15) is 6.92 Å². The van der Waals surface area contributed by atoms with Gasteiger partial charge in [0.1, 0.15) is 11.6 Å². The van der Waals surface area contributed by atoms with E-state index in [1.165, 1.54) is 24.3 Å². The molecule has 7 nitrogen and oxygen atoms in total. The molecule has 1 heterocycles. The van der Waals surface area contributed by atoms with E-state index in [2.05, 4.69) is 14.7 Å². The first-order valence-electron chi connectivity index (χ1n) is 8.42. The second kappa shape index (κ2) is 9.14. The van der Waals surface area contributed by atoms with Gasteiger partial charge in [-0.25, -0.2) is 4.39 Å². The van der Waals surface area contributed by atoms with Crippen LogP contribution in [0.15, 0.2) is 42.5 Å². The van der Waals surface area contributed by atoms with Gasteiger partial charge in [0.05, 0.1) is 13.7 Å². The zero-order valence-electron chi connectivity index (χ0n) is 15.3. The van der Waals surface area contributed by atoms with E-state index in [9.17, 15) is 9.18 Å². The molecule has 0 aliphatic rings. The van der Waals surface area contributed by atoms with Crippen LogP contribution in [0.2, 0.25) is 0 Å². The van der Waals surface area contributed by atoms with Crippen molar-refractivity contribution >= 4 is 22.6 Å². The van der Waals surface area contributed by atoms with Gasteiger partial charge in [0.2, 0.25) is 5.13 Å². The molecule has 146 valence electrons. The number of amides is 1. The number of halogens is 1. The molecule has 0 aliphatic heterocycles. The number of methoxy groups -OCH3 is 1. The van der Waals surface area contributed by atoms with E-state index in [0.29, 0.717) is 34.8 Å². The van der Waals surface area contributed by atoms with Crippen molar-refractivity contribution in [2.45, 2.75) is 6.92 Å². The Bertz CT molecular complexity index is 947. The molecular formula is C19H18FN3O4S. The lowest BCUT2D eigenvalue weighted by Gasteiger charge is -2.09. The summed E-state index contributed by atoms with van der Waals surface area (Å²) in [7, 11) is 1.56. The van der Waals surface area contributed by atoms with Gasteiger partial charge in [0, 0.05) is 17.1 Å². The first-order valence-corrected chi connectivity index (χ1v) is 9.19. The van der Waals surface area contributed by atoms with Crippen molar-refractivity contribution < 1.29 is 23.4 Å². The van der Waals surface area contributed by atoms with Crippen LogP contribution in [0.3, 0.4) is 0 Å². The summed E-state index contributed by atoms with van der Waals surface area (Å²) in [6, 6.07) is 10.8. The molecule has 28 heavy (non-hydrogen) atoms. The van der Waals surface area contributed by atoms with E-state index < -0.39 is 5.91 Å². The number of hydrogen-bond donors (Lipinski definition) is 1. The Labute approximate surface area is 165 Å². The number of nitrogens with zero attached hydrogens (tertiary/aromatic N) is 2. The Kier molecular flexibility index (Phi) is 6.38. The second-order valence-electron chi connectivity index (χ2n) is 5.51. The van der Waals surface area contributed by atoms with Crippen molar-refractivity contribution in [2.24, 2.45) is 0 Å². The van der Waals surface area contributed by atoms with E-state index >= 15 is 0 Å². The average molecular weight is 403 g/mol. The molecule has 0 fully saturated rings. The second-order valence-corrected chi connectivity index (χ2v) is 6.26. The molecule has 1 N–H and O–H groups in total. The molecule has 0 saturated heterocycles. The van der Waals surface area contributed by atoms with Crippen molar-refractivity contribution in [1.29, 1.82) is 0 Å². The third kappa shape index (κ3) is 4.95. The SMILES string of the molecule is CCOc1ccc(-c2nsc(NC(=O)COc3ccc(F)cc3)n2)cc1OC. The zero-order valence-corrected chi connectivity index (χ0v) is 16.1. The highest BCUT2D eigenvalue weighted by Gasteiger charge is 2.13. The number of carbonyl (C=O) groups excluding carboxylic acids is 1. The molecule has 0 spiro atoms. The molecule has 1 amide bonds. The highest BCUT2D eigenvalue weighted by atomic mass is 32.1. The molecule has 3 aromatic rings. The fraction of sp³-hybridized carbons (Fsp3) is 0.211. The topological polar surface area (TPSA) is 82.6 Å². The fourth-order valence-electron chi connectivity index (χ4n) is 2.31. The van der Waals surface area contributed by atoms with Gasteiger partial charge in [-0.1, -0.05) is 0 Å². The van der Waals surface area contributed by atoms with Crippen molar-refractivity contribution in [3.63, 3.8) is 0 Å². The summed E-state index contributed by atoms with van der Waals surface area (Å²) in [5.41, 5.74) is 0.736. The van der Waals surface area contributed by atoms with Crippen LogP contribution in [0.4, 0.5) is 9.52 Å². The van der Waals surface area contributed by atoms with Gasteiger partial charge < -0.3 is 14.2 Å². The lowest BCUT2D eigenvalue weighted by atomic mass is 10.2. The minimum Gasteiger partial charge on any atom is -0.493 e. The van der Waals surface area contributed by atoms with Crippen LogP contribution in [-0.4, -0.2) is 35.6 Å². The number of benzene rings is 2. The minimum atomic E-state index is -0.392. The first-order chi connectivity index (χ1) is 13.6. The molecular weight excluding hydrogens is 385 g/mol. The van der Waals surface area contributed by atoms with Crippen LogP contribution < -0.4 is 19.5 Å². The summed E-state index contributed by atoms with van der Waals surface area (Å²) < 4.78 is 33.2. The van der Waals surface area contributed by atoms with Crippen LogP contribution in [0.5, 0.6) is 17.2 Å². The van der Waals surface area contributed by atoms with Crippen LogP contribution in [0.25, 0.3) is 11.4 Å². The summed E-state index contributed by atoms with van der Waals surface area (Å²) in [6.07, 6.45) is 0. The molecule has 1 aromatic heterocycles. The van der Waals surface area contributed by atoms with Crippen molar-refractivity contribution in [1.82, 2.24) is 9.36 Å². The summed E-state index contributed by atoms with van der Waals surface area (Å²) in [6.45, 7) is 2.20. The standard InChI is InChI=1S/C19H18FN3O4S/c1-3-26-15-9-4-12(10-16(15)25-2)18-22-19(28-23-18)21-17(24)11-27-14-7-5-13(20)6-8-14/h4-10H,3,11H2,1-2H3,(H,21,22,23,24). The highest BCUT2D eigenvalue weighted by Crippen LogP contribution is 2.32. The van der Waals surface area contributed by atoms with E-state index in [4.69, 9.17) is 14.2 Å². The van der Waals surface area contributed by atoms with E-state index in [-0.39, 0.29) is 12.4 Å². The number of carbonyl (C=O) groups is 1. The molecule has 0 bridgehead atoms. The Hall–Kier alpha value is -3.20. The Balaban J connectivity index is 1.62. The molecule has 3 rings (SSSR count). The largest absolute Gasteiger partial charge is 0.493 e. The maximum atomic E-state index is 12.9. The van der Waals surface area contributed by atoms with Crippen LogP contribution in [-0.2, 0) is 4.79 Å². The summed E-state index contributed by atoms with van der Waals surface area (Å²) in [4.78, 5) is 16.3. The van der Waals surface area contributed by atoms with Gasteiger partial charge in [-0.15, -0.1) is 0 Å². The number of nitrogens with one attached hydrogen (secondary N) is 1. The summed E-state index contributed by atoms with van der Waals surface area (Å²) in [5, 5.41) is 2.97. The molecule has 2 aromatic carbocycles. The molecule has 9 heteroatoms. The number of rotatable bonds is 8. The minimum absolute atomic E-state index is 0.225. The van der Waals surface area contributed by atoms with Gasteiger partial charge >= 0.3 is 0 Å². The Morgan fingerprint density at radius 2 is 1.93 bits per heavy atom.